The minimum absolute atomic E-state index is 0.281. The van der Waals surface area contributed by atoms with E-state index in [4.69, 9.17) is 0 Å². The number of rotatable bonds is 8. The summed E-state index contributed by atoms with van der Waals surface area (Å²) >= 11 is 0. The molecule has 0 spiro atoms. The molecule has 0 saturated carbocycles. The van der Waals surface area contributed by atoms with E-state index in [-0.39, 0.29) is 17.9 Å². The summed E-state index contributed by atoms with van der Waals surface area (Å²) in [5.41, 5.74) is 4.67. The van der Waals surface area contributed by atoms with Gasteiger partial charge in [-0.3, -0.25) is 4.79 Å². The molecule has 220 valence electrons. The van der Waals surface area contributed by atoms with Crippen LogP contribution in [0.4, 0.5) is 10.5 Å². The highest BCUT2D eigenvalue weighted by Crippen LogP contribution is 2.35. The molecule has 8 heteroatoms. The highest BCUT2D eigenvalue weighted by molar-refractivity contribution is 5.98. The zero-order valence-electron chi connectivity index (χ0n) is 24.9. The highest BCUT2D eigenvalue weighted by Gasteiger charge is 2.38. The topological polar surface area (TPSA) is 101 Å². The number of benzene rings is 3. The van der Waals surface area contributed by atoms with Gasteiger partial charge >= 0.3 is 6.03 Å². The third kappa shape index (κ3) is 6.35. The van der Waals surface area contributed by atoms with Gasteiger partial charge in [0.15, 0.2) is 0 Å². The van der Waals surface area contributed by atoms with Crippen molar-refractivity contribution in [2.45, 2.75) is 50.8 Å². The lowest BCUT2D eigenvalue weighted by Crippen LogP contribution is -2.54. The fourth-order valence-corrected chi connectivity index (χ4v) is 6.07. The van der Waals surface area contributed by atoms with Crippen molar-refractivity contribution >= 4 is 28.5 Å². The fourth-order valence-electron chi connectivity index (χ4n) is 6.07. The molecule has 3 amide bonds. The lowest BCUT2D eigenvalue weighted by Gasteiger charge is -2.39. The fraction of sp³-hybridized carbons (Fsp3) is 0.353. The van der Waals surface area contributed by atoms with Gasteiger partial charge in [-0.2, -0.15) is 0 Å². The van der Waals surface area contributed by atoms with Crippen LogP contribution in [0.3, 0.4) is 0 Å². The van der Waals surface area contributed by atoms with Crippen LogP contribution in [0, 0.1) is 6.92 Å². The summed E-state index contributed by atoms with van der Waals surface area (Å²) in [6.07, 6.45) is 2.78. The summed E-state index contributed by atoms with van der Waals surface area (Å²) < 4.78 is 0. The van der Waals surface area contributed by atoms with Crippen LogP contribution in [0.2, 0.25) is 0 Å². The van der Waals surface area contributed by atoms with Crippen molar-refractivity contribution in [1.82, 2.24) is 20.1 Å². The number of hydrogen-bond donors (Lipinski definition) is 4. The minimum atomic E-state index is -0.978. The van der Waals surface area contributed by atoms with Crippen LogP contribution < -0.4 is 10.6 Å². The maximum atomic E-state index is 13.9. The Labute approximate surface area is 247 Å². The van der Waals surface area contributed by atoms with Crippen molar-refractivity contribution in [3.63, 3.8) is 0 Å². The molecule has 1 aromatic heterocycles. The molecule has 8 nitrogen and oxygen atoms in total. The first-order valence-corrected chi connectivity index (χ1v) is 14.6. The number of nitrogens with zero attached hydrogens (tertiary/aromatic N) is 2. The molecular formula is C34H41N5O3. The highest BCUT2D eigenvalue weighted by atomic mass is 16.3. The molecule has 3 aromatic carbocycles. The average molecular weight is 568 g/mol. The molecule has 4 aromatic rings. The second-order valence-electron chi connectivity index (χ2n) is 11.8. The van der Waals surface area contributed by atoms with E-state index >= 15 is 0 Å². The average Bonchev–Trinajstić information content (AvgIpc) is 3.40. The summed E-state index contributed by atoms with van der Waals surface area (Å²) in [6, 6.07) is 22.5. The van der Waals surface area contributed by atoms with Gasteiger partial charge in [-0.25, -0.2) is 4.79 Å². The van der Waals surface area contributed by atoms with Gasteiger partial charge in [-0.05, 0) is 74.3 Å². The molecule has 5 rings (SSSR count). The van der Waals surface area contributed by atoms with Gasteiger partial charge in [0, 0.05) is 48.3 Å². The number of nitrogens with one attached hydrogen (secondary N) is 3. The second kappa shape index (κ2) is 12.4. The number of aliphatic hydroxyl groups is 1. The molecule has 1 fully saturated rings. The Balaban J connectivity index is 1.35. The summed E-state index contributed by atoms with van der Waals surface area (Å²) in [5, 5.41) is 18.5. The number of hydrogen-bond acceptors (Lipinski definition) is 4. The number of aryl methyl sites for hydroxylation is 1. The molecule has 2 unspecified atom stereocenters. The molecule has 2 heterocycles. The van der Waals surface area contributed by atoms with Crippen molar-refractivity contribution in [2.24, 2.45) is 0 Å². The van der Waals surface area contributed by atoms with Crippen LogP contribution in [0.25, 0.3) is 10.9 Å². The monoisotopic (exact) mass is 567 g/mol. The molecule has 0 bridgehead atoms. The zero-order valence-corrected chi connectivity index (χ0v) is 24.9. The normalized spacial score (nSPS) is 16.3. The number of piperidine rings is 1. The third-order valence-corrected chi connectivity index (χ3v) is 8.39. The first-order chi connectivity index (χ1) is 20.1. The van der Waals surface area contributed by atoms with Gasteiger partial charge in [-0.15, -0.1) is 0 Å². The number of aromatic nitrogens is 1. The predicted octanol–water partition coefficient (Wildman–Crippen LogP) is 5.34. The van der Waals surface area contributed by atoms with E-state index < -0.39 is 11.6 Å². The SMILES string of the molecule is Cc1ccccc1C1(O)CCN(C(=O)NC(C(=O)Nc2cccc(CN(C)C)c2)C(C)c2c[nH]c3ccccc23)CC1. The van der Waals surface area contributed by atoms with Crippen molar-refractivity contribution in [1.29, 1.82) is 0 Å². The Morgan fingerprint density at radius 1 is 1.02 bits per heavy atom. The van der Waals surface area contributed by atoms with E-state index in [0.717, 1.165) is 39.7 Å². The number of carbonyl (C=O) groups excluding carboxylic acids is 2. The van der Waals surface area contributed by atoms with E-state index in [1.165, 1.54) is 0 Å². The molecular weight excluding hydrogens is 526 g/mol. The third-order valence-electron chi connectivity index (χ3n) is 8.39. The standard InChI is InChI=1S/C34H41N5O3/c1-23-10-5-7-14-29(23)34(42)16-18-39(19-17-34)33(41)37-31(24(2)28-21-35-30-15-8-6-13-27(28)30)32(40)36-26-12-9-11-25(20-26)22-38(3)4/h5-15,20-21,24,31,35,42H,16-19,22H2,1-4H3,(H,36,40)(H,37,41). The Morgan fingerprint density at radius 2 is 1.74 bits per heavy atom. The smallest absolute Gasteiger partial charge is 0.318 e. The summed E-state index contributed by atoms with van der Waals surface area (Å²) in [6.45, 7) is 5.49. The van der Waals surface area contributed by atoms with E-state index in [1.54, 1.807) is 4.90 Å². The van der Waals surface area contributed by atoms with Crippen molar-refractivity contribution in [3.8, 4) is 0 Å². The number of aromatic amines is 1. The van der Waals surface area contributed by atoms with Gasteiger partial charge in [0.25, 0.3) is 0 Å². The number of likely N-dealkylation sites (tertiary alicyclic amines) is 1. The first kappa shape index (κ1) is 29.4. The molecule has 0 radical (unpaired) electrons. The Morgan fingerprint density at radius 3 is 2.48 bits per heavy atom. The number of H-pyrrole nitrogens is 1. The Kier molecular flexibility index (Phi) is 8.66. The lowest BCUT2D eigenvalue weighted by molar-refractivity contribution is -0.118. The first-order valence-electron chi connectivity index (χ1n) is 14.6. The number of urea groups is 1. The van der Waals surface area contributed by atoms with Gasteiger partial charge < -0.3 is 30.5 Å². The van der Waals surface area contributed by atoms with Crippen LogP contribution in [0.1, 0.15) is 47.9 Å². The summed E-state index contributed by atoms with van der Waals surface area (Å²) in [4.78, 5) is 34.6. The van der Waals surface area contributed by atoms with Crippen molar-refractivity contribution in [3.05, 3.63) is 101 Å². The Bertz CT molecular complexity index is 1550. The van der Waals surface area contributed by atoms with Crippen molar-refractivity contribution in [2.75, 3.05) is 32.5 Å². The van der Waals surface area contributed by atoms with Gasteiger partial charge in [0.2, 0.25) is 5.91 Å². The Hall–Kier alpha value is -4.14. The van der Waals surface area contributed by atoms with Crippen LogP contribution in [0.15, 0.2) is 79.0 Å². The number of amides is 3. The summed E-state index contributed by atoms with van der Waals surface area (Å²) in [5.74, 6) is -0.597. The predicted molar refractivity (Wildman–Crippen MR) is 167 cm³/mol. The van der Waals surface area contributed by atoms with Crippen LogP contribution in [-0.4, -0.2) is 65.1 Å². The minimum Gasteiger partial charge on any atom is -0.385 e. The molecule has 4 N–H and O–H groups in total. The maximum Gasteiger partial charge on any atom is 0.318 e. The van der Waals surface area contributed by atoms with E-state index in [0.29, 0.717) is 31.6 Å². The van der Waals surface area contributed by atoms with Gasteiger partial charge in [0.05, 0.1) is 5.60 Å². The van der Waals surface area contributed by atoms with Gasteiger partial charge in [-0.1, -0.05) is 61.5 Å². The number of para-hydroxylation sites is 1. The van der Waals surface area contributed by atoms with Crippen LogP contribution >= 0.6 is 0 Å². The lowest BCUT2D eigenvalue weighted by atomic mass is 9.82. The van der Waals surface area contributed by atoms with Crippen molar-refractivity contribution < 1.29 is 14.7 Å². The maximum absolute atomic E-state index is 13.9. The van der Waals surface area contributed by atoms with Gasteiger partial charge in [0.1, 0.15) is 6.04 Å². The largest absolute Gasteiger partial charge is 0.385 e. The summed E-state index contributed by atoms with van der Waals surface area (Å²) in [7, 11) is 4.00. The zero-order chi connectivity index (χ0) is 29.9. The van der Waals surface area contributed by atoms with E-state index in [1.807, 2.05) is 107 Å². The quantitative estimate of drug-likeness (QED) is 0.231. The number of anilines is 1. The van der Waals surface area contributed by atoms with Crippen LogP contribution in [0.5, 0.6) is 0 Å². The van der Waals surface area contributed by atoms with E-state index in [2.05, 4.69) is 20.5 Å². The molecule has 1 aliphatic rings. The second-order valence-corrected chi connectivity index (χ2v) is 11.8. The molecule has 42 heavy (non-hydrogen) atoms. The van der Waals surface area contributed by atoms with Crippen LogP contribution in [-0.2, 0) is 16.9 Å². The molecule has 2 atom stereocenters. The molecule has 1 aliphatic heterocycles. The number of carbonyl (C=O) groups is 2. The molecule has 1 saturated heterocycles. The van der Waals surface area contributed by atoms with E-state index in [9.17, 15) is 14.7 Å². The number of fused-ring (bicyclic) bond motifs is 1. The molecule has 0 aliphatic carbocycles.